The molecule has 2 fully saturated rings. The van der Waals surface area contributed by atoms with Gasteiger partial charge in [0.25, 0.3) is 0 Å². The van der Waals surface area contributed by atoms with Gasteiger partial charge in [-0.25, -0.2) is 9.18 Å². The van der Waals surface area contributed by atoms with E-state index in [1.165, 1.54) is 11.3 Å². The number of ether oxygens (including phenoxy) is 3. The summed E-state index contributed by atoms with van der Waals surface area (Å²) in [6, 6.07) is 4.81. The van der Waals surface area contributed by atoms with Crippen molar-refractivity contribution in [2.24, 2.45) is 0 Å². The number of fused-ring (bicyclic) bond motifs is 2. The number of alkyl halides is 1. The van der Waals surface area contributed by atoms with Crippen LogP contribution < -0.4 is 9.64 Å². The molecule has 4 atom stereocenters. The minimum atomic E-state index is -1.23. The molecule has 2 aliphatic heterocycles. The Balaban J connectivity index is 1.35. The molecule has 1 N–H and O–H groups in total. The Morgan fingerprint density at radius 3 is 2.79 bits per heavy atom. The second-order valence-electron chi connectivity index (χ2n) is 10.7. The number of anilines is 1. The Morgan fingerprint density at radius 1 is 1.26 bits per heavy atom. The Morgan fingerprint density at radius 2 is 2.08 bits per heavy atom. The lowest BCUT2D eigenvalue weighted by Crippen LogP contribution is -2.59. The van der Waals surface area contributed by atoms with Gasteiger partial charge in [0, 0.05) is 32.0 Å². The molecule has 3 aromatic rings. The van der Waals surface area contributed by atoms with E-state index in [2.05, 4.69) is 20.4 Å². The molecule has 1 amide bonds. The maximum atomic E-state index is 15.9. The number of methoxy groups -OCH3 is 1. The number of carbonyl (C=O) groups is 1. The number of halogens is 1. The largest absolute Gasteiger partial charge is 0.467 e. The molecule has 38 heavy (non-hydrogen) atoms. The van der Waals surface area contributed by atoms with E-state index in [1.54, 1.807) is 18.2 Å². The summed E-state index contributed by atoms with van der Waals surface area (Å²) < 4.78 is 32.4. The Hall–Kier alpha value is -3.25. The van der Waals surface area contributed by atoms with E-state index in [-0.39, 0.29) is 12.8 Å². The molecule has 1 aromatic carbocycles. The standard InChI is InChI=1S/C26H33FN6O4S/c1-26(2,3)37-25(34)33-17-7-9-19(33)22(27)20(11-17)32(4)24-31-30-23(38-24)18-8-6-15(16-12-28-29-13-16)10-21(18)36-14-35-5/h6,8,10,12-13,17,19-20,22H,7,9,11,14H2,1-5H3,(H,28,29)/t17-,19+,20-,22+/m0/s1. The van der Waals surface area contributed by atoms with Gasteiger partial charge in [-0.3, -0.25) is 10.00 Å². The van der Waals surface area contributed by atoms with Gasteiger partial charge in [-0.15, -0.1) is 10.2 Å². The van der Waals surface area contributed by atoms with Gasteiger partial charge in [-0.2, -0.15) is 5.10 Å². The number of benzene rings is 1. The van der Waals surface area contributed by atoms with Gasteiger partial charge >= 0.3 is 6.09 Å². The highest BCUT2D eigenvalue weighted by Crippen LogP contribution is 2.43. The van der Waals surface area contributed by atoms with Crippen molar-refractivity contribution in [3.05, 3.63) is 30.6 Å². The van der Waals surface area contributed by atoms with Crippen molar-refractivity contribution in [1.29, 1.82) is 0 Å². The van der Waals surface area contributed by atoms with Crippen LogP contribution in [0, 0.1) is 0 Å². The fourth-order valence-corrected chi connectivity index (χ4v) is 6.12. The van der Waals surface area contributed by atoms with Crippen molar-refractivity contribution >= 4 is 22.6 Å². The summed E-state index contributed by atoms with van der Waals surface area (Å²) in [7, 11) is 3.40. The van der Waals surface area contributed by atoms with E-state index in [4.69, 9.17) is 14.2 Å². The third kappa shape index (κ3) is 5.19. The molecule has 4 heterocycles. The summed E-state index contributed by atoms with van der Waals surface area (Å²) in [4.78, 5) is 16.3. The van der Waals surface area contributed by atoms with Gasteiger partial charge in [-0.1, -0.05) is 17.4 Å². The van der Waals surface area contributed by atoms with Crippen LogP contribution in [0.3, 0.4) is 0 Å². The molecular weight excluding hydrogens is 511 g/mol. The summed E-state index contributed by atoms with van der Waals surface area (Å²) in [6.07, 6.45) is 3.77. The van der Waals surface area contributed by atoms with Gasteiger partial charge in [-0.05, 0) is 57.7 Å². The number of H-pyrrole nitrogens is 1. The van der Waals surface area contributed by atoms with Gasteiger partial charge in [0.1, 0.15) is 17.5 Å². The fraction of sp³-hybridized carbons (Fsp3) is 0.538. The van der Waals surface area contributed by atoms with Crippen LogP contribution >= 0.6 is 11.3 Å². The molecule has 2 aliphatic rings. The van der Waals surface area contributed by atoms with Crippen LogP contribution in [0.4, 0.5) is 14.3 Å². The lowest BCUT2D eigenvalue weighted by atomic mass is 9.95. The Labute approximate surface area is 225 Å². The number of rotatable bonds is 7. The molecule has 204 valence electrons. The van der Waals surface area contributed by atoms with Crippen molar-refractivity contribution in [2.75, 3.05) is 25.9 Å². The van der Waals surface area contributed by atoms with Crippen LogP contribution in [-0.2, 0) is 9.47 Å². The number of nitrogens with one attached hydrogen (secondary N) is 1. The monoisotopic (exact) mass is 544 g/mol. The zero-order valence-electron chi connectivity index (χ0n) is 22.2. The van der Waals surface area contributed by atoms with E-state index in [9.17, 15) is 4.79 Å². The topological polar surface area (TPSA) is 106 Å². The quantitative estimate of drug-likeness (QED) is 0.419. The molecule has 0 saturated carbocycles. The lowest BCUT2D eigenvalue weighted by molar-refractivity contribution is -0.0103. The molecule has 2 bridgehead atoms. The lowest BCUT2D eigenvalue weighted by Gasteiger charge is -2.44. The summed E-state index contributed by atoms with van der Waals surface area (Å²) in [5, 5.41) is 16.9. The normalized spacial score (nSPS) is 22.9. The maximum Gasteiger partial charge on any atom is 0.410 e. The highest BCUT2D eigenvalue weighted by Gasteiger charge is 2.52. The molecule has 0 radical (unpaired) electrons. The third-order valence-corrected chi connectivity index (χ3v) is 8.04. The number of amides is 1. The van der Waals surface area contributed by atoms with Crippen LogP contribution in [0.2, 0.25) is 0 Å². The zero-order chi connectivity index (χ0) is 27.0. The van der Waals surface area contributed by atoms with E-state index < -0.39 is 29.9 Å². The second-order valence-corrected chi connectivity index (χ2v) is 11.6. The molecule has 12 heteroatoms. The van der Waals surface area contributed by atoms with Gasteiger partial charge in [0.05, 0.1) is 23.8 Å². The van der Waals surface area contributed by atoms with Crippen LogP contribution in [0.5, 0.6) is 5.75 Å². The minimum absolute atomic E-state index is 0.0637. The summed E-state index contributed by atoms with van der Waals surface area (Å²) >= 11 is 1.37. The summed E-state index contributed by atoms with van der Waals surface area (Å²) in [5.74, 6) is 0.600. The average molecular weight is 545 g/mol. The number of carbonyl (C=O) groups excluding carboxylic acids is 1. The SMILES string of the molecule is COCOc1cc(-c2cn[nH]c2)ccc1-c1nnc(N(C)[C@H]2C[C@@H]3CC[C@H]([C@H]2F)N3C(=O)OC(C)(C)C)s1. The van der Waals surface area contributed by atoms with Crippen LogP contribution in [0.1, 0.15) is 40.0 Å². The molecule has 10 nitrogen and oxygen atoms in total. The second kappa shape index (κ2) is 10.5. The molecule has 0 spiro atoms. The van der Waals surface area contributed by atoms with E-state index in [1.807, 2.05) is 57.1 Å². The van der Waals surface area contributed by atoms with Crippen molar-refractivity contribution in [1.82, 2.24) is 25.3 Å². The first-order valence-corrected chi connectivity index (χ1v) is 13.4. The summed E-state index contributed by atoms with van der Waals surface area (Å²) in [5.41, 5.74) is 2.01. The maximum absolute atomic E-state index is 15.9. The number of nitrogens with zero attached hydrogens (tertiary/aromatic N) is 5. The zero-order valence-corrected chi connectivity index (χ0v) is 23.0. The predicted octanol–water partition coefficient (Wildman–Crippen LogP) is 4.89. The first-order chi connectivity index (χ1) is 18.2. The van der Waals surface area contributed by atoms with Gasteiger partial charge in [0.2, 0.25) is 5.13 Å². The Bertz CT molecular complexity index is 1260. The van der Waals surface area contributed by atoms with Crippen molar-refractivity contribution in [2.45, 2.75) is 69.9 Å². The van der Waals surface area contributed by atoms with Crippen LogP contribution in [0.25, 0.3) is 21.7 Å². The number of aromatic amines is 1. The first kappa shape index (κ1) is 26.4. The number of piperidine rings is 1. The smallest absolute Gasteiger partial charge is 0.410 e. The molecular formula is C26H33FN6O4S. The highest BCUT2D eigenvalue weighted by atomic mass is 32.1. The average Bonchev–Trinajstić information content (AvgIpc) is 3.63. The van der Waals surface area contributed by atoms with Crippen molar-refractivity contribution < 1.29 is 23.4 Å². The van der Waals surface area contributed by atoms with Crippen LogP contribution in [0.15, 0.2) is 30.6 Å². The van der Waals surface area contributed by atoms with Crippen molar-refractivity contribution in [3.8, 4) is 27.4 Å². The van der Waals surface area contributed by atoms with Crippen LogP contribution in [-0.4, -0.2) is 82.2 Å². The summed E-state index contributed by atoms with van der Waals surface area (Å²) in [6.45, 7) is 5.55. The van der Waals surface area contributed by atoms with Gasteiger partial charge in [0.15, 0.2) is 11.8 Å². The van der Waals surface area contributed by atoms with Crippen molar-refractivity contribution in [3.63, 3.8) is 0 Å². The Kier molecular flexibility index (Phi) is 7.28. The van der Waals surface area contributed by atoms with E-state index >= 15 is 4.39 Å². The van der Waals surface area contributed by atoms with E-state index in [0.717, 1.165) is 23.1 Å². The van der Waals surface area contributed by atoms with Gasteiger partial charge < -0.3 is 19.1 Å². The molecule has 5 rings (SSSR count). The molecule has 0 aliphatic carbocycles. The minimum Gasteiger partial charge on any atom is -0.467 e. The van der Waals surface area contributed by atoms with E-state index in [0.29, 0.717) is 28.7 Å². The molecule has 0 unspecified atom stereocenters. The molecule has 2 aromatic heterocycles. The first-order valence-electron chi connectivity index (χ1n) is 12.6. The highest BCUT2D eigenvalue weighted by molar-refractivity contribution is 7.18. The predicted molar refractivity (Wildman–Crippen MR) is 142 cm³/mol. The third-order valence-electron chi connectivity index (χ3n) is 6.99. The fourth-order valence-electron chi connectivity index (χ4n) is 5.23. The number of hydrogen-bond donors (Lipinski definition) is 1. The number of aromatic nitrogens is 4. The molecule has 2 saturated heterocycles. The number of hydrogen-bond acceptors (Lipinski definition) is 9.